The molecular weight excluding hydrogens is 306 g/mol. The molecule has 0 radical (unpaired) electrons. The molecule has 1 aliphatic heterocycles. The lowest BCUT2D eigenvalue weighted by Crippen LogP contribution is -2.44. The fourth-order valence-corrected chi connectivity index (χ4v) is 2.81. The van der Waals surface area contributed by atoms with Crippen molar-refractivity contribution in [3.05, 3.63) is 35.9 Å². The van der Waals surface area contributed by atoms with Crippen molar-refractivity contribution < 1.29 is 19.1 Å². The zero-order valence-corrected chi connectivity index (χ0v) is 14.5. The molecule has 1 N–H and O–H groups in total. The van der Waals surface area contributed by atoms with Crippen LogP contribution in [0.1, 0.15) is 51.5 Å². The molecule has 1 aromatic rings. The first-order valence-corrected chi connectivity index (χ1v) is 8.77. The molecule has 0 aromatic heterocycles. The Labute approximate surface area is 143 Å². The van der Waals surface area contributed by atoms with Crippen LogP contribution in [0.15, 0.2) is 30.3 Å². The van der Waals surface area contributed by atoms with E-state index in [1.54, 1.807) is 6.92 Å². The minimum atomic E-state index is -0.541. The second kappa shape index (κ2) is 9.42. The van der Waals surface area contributed by atoms with Gasteiger partial charge in [-0.3, -0.25) is 14.9 Å². The van der Waals surface area contributed by atoms with Crippen LogP contribution < -0.4 is 5.32 Å². The normalized spacial score (nSPS) is 21.3. The summed E-state index contributed by atoms with van der Waals surface area (Å²) >= 11 is 0. The first kappa shape index (κ1) is 18.5. The van der Waals surface area contributed by atoms with Crippen molar-refractivity contribution in [2.24, 2.45) is 0 Å². The van der Waals surface area contributed by atoms with Crippen LogP contribution in [0.4, 0.5) is 0 Å². The van der Waals surface area contributed by atoms with E-state index < -0.39 is 12.1 Å². The lowest BCUT2D eigenvalue weighted by molar-refractivity contribution is -0.148. The quantitative estimate of drug-likeness (QED) is 0.556. The topological polar surface area (TPSA) is 64.6 Å². The Balaban J connectivity index is 1.73. The largest absolute Gasteiger partial charge is 0.461 e. The molecule has 3 atom stereocenters. The number of hydrogen-bond acceptors (Lipinski definition) is 5. The average Bonchev–Trinajstić information content (AvgIpc) is 2.93. The molecule has 132 valence electrons. The second-order valence-electron chi connectivity index (χ2n) is 6.32. The van der Waals surface area contributed by atoms with Crippen molar-refractivity contribution in [1.82, 2.24) is 5.32 Å². The van der Waals surface area contributed by atoms with Gasteiger partial charge in [-0.05, 0) is 25.3 Å². The van der Waals surface area contributed by atoms with Gasteiger partial charge in [0.15, 0.2) is 0 Å². The van der Waals surface area contributed by atoms with E-state index in [1.807, 2.05) is 30.3 Å². The number of unbranched alkanes of at least 4 members (excludes halogenated alkanes) is 2. The van der Waals surface area contributed by atoms with Gasteiger partial charge in [0.2, 0.25) is 0 Å². The lowest BCUT2D eigenvalue weighted by atomic mass is 10.1. The van der Waals surface area contributed by atoms with Crippen molar-refractivity contribution >= 4 is 11.9 Å². The van der Waals surface area contributed by atoms with Crippen molar-refractivity contribution in [1.29, 1.82) is 0 Å². The molecule has 5 heteroatoms. The Hall–Kier alpha value is -1.88. The number of hydrogen-bond donors (Lipinski definition) is 1. The summed E-state index contributed by atoms with van der Waals surface area (Å²) in [6.45, 7) is 4.10. The number of esters is 2. The number of cyclic esters (lactones) is 1. The van der Waals surface area contributed by atoms with Crippen molar-refractivity contribution in [3.8, 4) is 0 Å². The van der Waals surface area contributed by atoms with Crippen LogP contribution in [0.2, 0.25) is 0 Å². The molecule has 1 aliphatic rings. The molecule has 0 bridgehead atoms. The lowest BCUT2D eigenvalue weighted by Gasteiger charge is -2.16. The summed E-state index contributed by atoms with van der Waals surface area (Å²) in [6, 6.07) is 8.56. The van der Waals surface area contributed by atoms with Gasteiger partial charge >= 0.3 is 11.9 Å². The minimum Gasteiger partial charge on any atom is -0.461 e. The van der Waals surface area contributed by atoms with Crippen LogP contribution in [0.5, 0.6) is 0 Å². The summed E-state index contributed by atoms with van der Waals surface area (Å²) in [5.74, 6) is -0.625. The maximum absolute atomic E-state index is 12.1. The number of benzene rings is 1. The molecule has 2 unspecified atom stereocenters. The maximum atomic E-state index is 12.1. The molecule has 0 amide bonds. The number of nitrogens with one attached hydrogen (secondary N) is 1. The highest BCUT2D eigenvalue weighted by atomic mass is 16.6. The minimum absolute atomic E-state index is 0.0333. The molecule has 2 rings (SSSR count). The van der Waals surface area contributed by atoms with Gasteiger partial charge in [0, 0.05) is 6.42 Å². The summed E-state index contributed by atoms with van der Waals surface area (Å²) in [6.07, 6.45) is 4.84. The Morgan fingerprint density at radius 2 is 2.08 bits per heavy atom. The van der Waals surface area contributed by atoms with E-state index in [-0.39, 0.29) is 24.6 Å². The number of rotatable bonds is 9. The Kier molecular flexibility index (Phi) is 7.25. The Bertz CT molecular complexity index is 531. The van der Waals surface area contributed by atoms with Crippen molar-refractivity contribution in [2.75, 3.05) is 0 Å². The standard InChI is InChI=1S/C19H27NO4/c1-3-4-6-11-16-12-17(19(22)24-16)20-14(2)18(21)23-13-15-9-7-5-8-10-15/h5,7-10,14,16-17,20H,3-4,6,11-13H2,1-2H3/t14-,16?,17?/m0/s1. The third kappa shape index (κ3) is 5.64. The molecular formula is C19H27NO4. The van der Waals surface area contributed by atoms with Gasteiger partial charge < -0.3 is 9.47 Å². The van der Waals surface area contributed by atoms with Gasteiger partial charge in [-0.1, -0.05) is 50.1 Å². The van der Waals surface area contributed by atoms with E-state index in [9.17, 15) is 9.59 Å². The van der Waals surface area contributed by atoms with Gasteiger partial charge in [0.05, 0.1) is 0 Å². The highest BCUT2D eigenvalue weighted by Crippen LogP contribution is 2.20. The third-order valence-corrected chi connectivity index (χ3v) is 4.22. The van der Waals surface area contributed by atoms with E-state index in [1.165, 1.54) is 0 Å². The summed E-state index contributed by atoms with van der Waals surface area (Å²) in [4.78, 5) is 24.0. The molecule has 0 spiro atoms. The summed E-state index contributed by atoms with van der Waals surface area (Å²) in [5.41, 5.74) is 0.939. The zero-order valence-electron chi connectivity index (χ0n) is 14.5. The van der Waals surface area contributed by atoms with Gasteiger partial charge in [0.25, 0.3) is 0 Å². The number of carbonyl (C=O) groups excluding carboxylic acids is 2. The van der Waals surface area contributed by atoms with Crippen LogP contribution in [0.3, 0.4) is 0 Å². The fraction of sp³-hybridized carbons (Fsp3) is 0.579. The predicted octanol–water partition coefficient (Wildman–Crippen LogP) is 2.97. The predicted molar refractivity (Wildman–Crippen MR) is 91.3 cm³/mol. The van der Waals surface area contributed by atoms with Crippen LogP contribution in [-0.2, 0) is 25.7 Å². The first-order valence-electron chi connectivity index (χ1n) is 8.77. The SMILES string of the molecule is CCCCCC1CC(N[C@@H](C)C(=O)OCc2ccccc2)C(=O)O1. The van der Waals surface area contributed by atoms with Crippen LogP contribution in [0, 0.1) is 0 Å². The first-order chi connectivity index (χ1) is 11.6. The van der Waals surface area contributed by atoms with Gasteiger partial charge in [-0.2, -0.15) is 0 Å². The van der Waals surface area contributed by atoms with Gasteiger partial charge in [0.1, 0.15) is 24.8 Å². The zero-order chi connectivity index (χ0) is 17.4. The highest BCUT2D eigenvalue weighted by Gasteiger charge is 2.35. The Morgan fingerprint density at radius 1 is 1.33 bits per heavy atom. The highest BCUT2D eigenvalue weighted by molar-refractivity contribution is 5.80. The number of ether oxygens (including phenoxy) is 2. The molecule has 0 saturated carbocycles. The maximum Gasteiger partial charge on any atom is 0.323 e. The fourth-order valence-electron chi connectivity index (χ4n) is 2.81. The molecule has 1 fully saturated rings. The molecule has 1 saturated heterocycles. The summed E-state index contributed by atoms with van der Waals surface area (Å²) in [5, 5.41) is 3.04. The van der Waals surface area contributed by atoms with Crippen LogP contribution in [0.25, 0.3) is 0 Å². The molecule has 1 heterocycles. The smallest absolute Gasteiger partial charge is 0.323 e. The summed E-state index contributed by atoms with van der Waals surface area (Å²) in [7, 11) is 0. The van der Waals surface area contributed by atoms with Crippen LogP contribution >= 0.6 is 0 Å². The average molecular weight is 333 g/mol. The second-order valence-corrected chi connectivity index (χ2v) is 6.32. The van der Waals surface area contributed by atoms with E-state index in [4.69, 9.17) is 9.47 Å². The number of carbonyl (C=O) groups is 2. The van der Waals surface area contributed by atoms with E-state index in [2.05, 4.69) is 12.2 Å². The third-order valence-electron chi connectivity index (χ3n) is 4.22. The Morgan fingerprint density at radius 3 is 2.79 bits per heavy atom. The van der Waals surface area contributed by atoms with E-state index in [0.717, 1.165) is 31.2 Å². The van der Waals surface area contributed by atoms with Crippen molar-refractivity contribution in [2.45, 2.75) is 70.7 Å². The molecule has 1 aromatic carbocycles. The summed E-state index contributed by atoms with van der Waals surface area (Å²) < 4.78 is 10.7. The molecule has 0 aliphatic carbocycles. The monoisotopic (exact) mass is 333 g/mol. The molecule has 5 nitrogen and oxygen atoms in total. The molecule has 24 heavy (non-hydrogen) atoms. The van der Waals surface area contributed by atoms with Gasteiger partial charge in [-0.15, -0.1) is 0 Å². The van der Waals surface area contributed by atoms with Crippen LogP contribution in [-0.4, -0.2) is 30.1 Å². The van der Waals surface area contributed by atoms with E-state index in [0.29, 0.717) is 6.42 Å². The van der Waals surface area contributed by atoms with Gasteiger partial charge in [-0.25, -0.2) is 0 Å². The van der Waals surface area contributed by atoms with E-state index >= 15 is 0 Å². The van der Waals surface area contributed by atoms with Crippen molar-refractivity contribution in [3.63, 3.8) is 0 Å².